The Morgan fingerprint density at radius 3 is 2.76 bits per heavy atom. The normalized spacial score (nSPS) is 28.9. The second-order valence-electron chi connectivity index (χ2n) is 4.73. The first-order valence-corrected chi connectivity index (χ1v) is 7.99. The fourth-order valence-electron chi connectivity index (χ4n) is 2.12. The molecule has 3 heteroatoms. The van der Waals surface area contributed by atoms with Gasteiger partial charge in [-0.25, -0.2) is 0 Å². The number of hydrogen-bond acceptors (Lipinski definition) is 2. The Bertz CT molecular complexity index is 400. The van der Waals surface area contributed by atoms with E-state index < -0.39 is 5.72 Å². The van der Waals surface area contributed by atoms with E-state index in [9.17, 15) is 5.11 Å². The van der Waals surface area contributed by atoms with Gasteiger partial charge in [0.05, 0.1) is 0 Å². The van der Waals surface area contributed by atoms with E-state index in [2.05, 4.69) is 24.0 Å². The van der Waals surface area contributed by atoms with Gasteiger partial charge < -0.3 is 0 Å². The van der Waals surface area contributed by atoms with Gasteiger partial charge in [-0.05, 0) is 0 Å². The monoisotopic (exact) mass is 297 g/mol. The molecule has 92 valence electrons. The Labute approximate surface area is 109 Å². The third-order valence-electron chi connectivity index (χ3n) is 2.87. The van der Waals surface area contributed by atoms with E-state index in [1.165, 1.54) is 18.4 Å². The Morgan fingerprint density at radius 2 is 2.12 bits per heavy atom. The number of hydrogen-bond donors (Lipinski definition) is 1. The summed E-state index contributed by atoms with van der Waals surface area (Å²) in [5.74, 6) is 0. The molecule has 1 aromatic carbocycles. The molecule has 1 N–H and O–H groups in total. The summed E-state index contributed by atoms with van der Waals surface area (Å²) in [4.78, 5) is 5.14. The average molecular weight is 296 g/mol. The Kier molecular flexibility index (Phi) is 4.03. The fraction of sp³-hybridized carbons (Fsp3) is 0.500. The first-order chi connectivity index (χ1) is 8.11. The third-order valence-corrected chi connectivity index (χ3v) is 5.56. The summed E-state index contributed by atoms with van der Waals surface area (Å²) in [6, 6.07) is 10.3. The molecule has 2 unspecified atom stereocenters. The molecule has 1 heterocycles. The van der Waals surface area contributed by atoms with Gasteiger partial charge in [0.1, 0.15) is 0 Å². The van der Waals surface area contributed by atoms with Crippen LogP contribution in [0.1, 0.15) is 38.7 Å². The molecule has 0 aliphatic carbocycles. The molecule has 17 heavy (non-hydrogen) atoms. The summed E-state index contributed by atoms with van der Waals surface area (Å²) in [6.45, 7) is 4.03. The van der Waals surface area contributed by atoms with Crippen molar-refractivity contribution in [1.82, 2.24) is 0 Å². The number of aliphatic imine (C=N–C) groups is 1. The molecule has 0 radical (unpaired) electrons. The molecule has 0 bridgehead atoms. The van der Waals surface area contributed by atoms with Gasteiger partial charge in [-0.1, -0.05) is 0 Å². The number of rotatable bonds is 3. The van der Waals surface area contributed by atoms with Crippen molar-refractivity contribution < 1.29 is 5.11 Å². The second-order valence-corrected chi connectivity index (χ2v) is 7.44. The SMILES string of the molecule is CCCC1CC(C)(O)N=C(c2ccccc2)[Se]1. The molecule has 1 aliphatic rings. The molecule has 0 saturated carbocycles. The summed E-state index contributed by atoms with van der Waals surface area (Å²) < 4.78 is 1.12. The van der Waals surface area contributed by atoms with Crippen LogP contribution in [0.5, 0.6) is 0 Å². The number of aliphatic hydroxyl groups is 1. The van der Waals surface area contributed by atoms with Gasteiger partial charge in [0.2, 0.25) is 0 Å². The zero-order chi connectivity index (χ0) is 12.3. The van der Waals surface area contributed by atoms with Crippen LogP contribution < -0.4 is 0 Å². The van der Waals surface area contributed by atoms with E-state index >= 15 is 0 Å². The maximum atomic E-state index is 10.2. The van der Waals surface area contributed by atoms with E-state index in [0.29, 0.717) is 19.8 Å². The van der Waals surface area contributed by atoms with Crippen LogP contribution in [0.2, 0.25) is 4.82 Å². The predicted molar refractivity (Wildman–Crippen MR) is 72.6 cm³/mol. The molecule has 1 aliphatic heterocycles. The van der Waals surface area contributed by atoms with Crippen molar-refractivity contribution in [1.29, 1.82) is 0 Å². The summed E-state index contributed by atoms with van der Waals surface area (Å²) in [5, 5.41) is 10.2. The van der Waals surface area contributed by atoms with Crippen molar-refractivity contribution in [2.75, 3.05) is 0 Å². The fourth-order valence-corrected chi connectivity index (χ4v) is 5.45. The van der Waals surface area contributed by atoms with E-state index in [-0.39, 0.29) is 0 Å². The van der Waals surface area contributed by atoms with Crippen LogP contribution in [-0.2, 0) is 0 Å². The van der Waals surface area contributed by atoms with Gasteiger partial charge in [0.25, 0.3) is 0 Å². The Morgan fingerprint density at radius 1 is 1.41 bits per heavy atom. The molecular formula is C14H19NOSe. The van der Waals surface area contributed by atoms with E-state index in [0.717, 1.165) is 11.0 Å². The van der Waals surface area contributed by atoms with Gasteiger partial charge in [-0.2, -0.15) is 0 Å². The van der Waals surface area contributed by atoms with E-state index in [1.807, 2.05) is 25.1 Å². The van der Waals surface area contributed by atoms with Gasteiger partial charge >= 0.3 is 109 Å². The van der Waals surface area contributed by atoms with Crippen LogP contribution in [0.3, 0.4) is 0 Å². The molecule has 1 aromatic rings. The summed E-state index contributed by atoms with van der Waals surface area (Å²) in [6.07, 6.45) is 3.20. The molecule has 2 atom stereocenters. The summed E-state index contributed by atoms with van der Waals surface area (Å²) >= 11 is 0.388. The first kappa shape index (κ1) is 12.8. The van der Waals surface area contributed by atoms with E-state index in [1.54, 1.807) is 0 Å². The Balaban J connectivity index is 2.24. The zero-order valence-corrected chi connectivity index (χ0v) is 12.1. The Hall–Kier alpha value is -0.631. The van der Waals surface area contributed by atoms with Gasteiger partial charge in [-0.15, -0.1) is 0 Å². The minimum atomic E-state index is -0.870. The van der Waals surface area contributed by atoms with Gasteiger partial charge in [0, 0.05) is 0 Å². The zero-order valence-electron chi connectivity index (χ0n) is 10.4. The average Bonchev–Trinajstić information content (AvgIpc) is 2.28. The van der Waals surface area contributed by atoms with Crippen molar-refractivity contribution in [3.8, 4) is 0 Å². The predicted octanol–water partition coefficient (Wildman–Crippen LogP) is 2.84. The van der Waals surface area contributed by atoms with Crippen LogP contribution in [0.4, 0.5) is 0 Å². The van der Waals surface area contributed by atoms with Crippen molar-refractivity contribution in [3.05, 3.63) is 35.9 Å². The van der Waals surface area contributed by atoms with Crippen molar-refractivity contribution in [2.45, 2.75) is 43.7 Å². The topological polar surface area (TPSA) is 32.6 Å². The number of nitrogens with zero attached hydrogens (tertiary/aromatic N) is 1. The van der Waals surface area contributed by atoms with Crippen molar-refractivity contribution in [3.63, 3.8) is 0 Å². The van der Waals surface area contributed by atoms with Gasteiger partial charge in [-0.3, -0.25) is 0 Å². The molecule has 2 nitrogen and oxygen atoms in total. The van der Waals surface area contributed by atoms with E-state index in [4.69, 9.17) is 0 Å². The minimum absolute atomic E-state index is 0.388. The van der Waals surface area contributed by atoms with Crippen LogP contribution in [0.15, 0.2) is 35.3 Å². The van der Waals surface area contributed by atoms with Crippen molar-refractivity contribution in [2.24, 2.45) is 4.99 Å². The standard InChI is InChI=1S/C14H19NOSe/c1-3-7-12-10-14(2,16)15-13(17-12)11-8-5-4-6-9-11/h4-6,8-9,12,16H,3,7,10H2,1-2H3. The maximum absolute atomic E-state index is 10.2. The van der Waals surface area contributed by atoms with Crippen LogP contribution >= 0.6 is 0 Å². The molecule has 0 fully saturated rings. The molecular weight excluding hydrogens is 277 g/mol. The number of benzene rings is 1. The molecule has 0 spiro atoms. The van der Waals surface area contributed by atoms with Gasteiger partial charge in [0.15, 0.2) is 0 Å². The molecule has 0 saturated heterocycles. The summed E-state index contributed by atoms with van der Waals surface area (Å²) in [5.41, 5.74) is 0.305. The first-order valence-electron chi connectivity index (χ1n) is 6.15. The van der Waals surface area contributed by atoms with Crippen molar-refractivity contribution >= 4 is 19.6 Å². The van der Waals surface area contributed by atoms with Crippen LogP contribution in [0, 0.1) is 0 Å². The van der Waals surface area contributed by atoms with Crippen LogP contribution in [-0.4, -0.2) is 30.4 Å². The van der Waals surface area contributed by atoms with Crippen LogP contribution in [0.25, 0.3) is 0 Å². The molecule has 2 rings (SSSR count). The third kappa shape index (κ3) is 3.41. The molecule has 0 amide bonds. The quantitative estimate of drug-likeness (QED) is 0.855. The molecule has 0 aromatic heterocycles. The summed E-state index contributed by atoms with van der Waals surface area (Å²) in [7, 11) is 0. The second kappa shape index (κ2) is 5.34.